The zero-order chi connectivity index (χ0) is 22.1. The number of anilines is 1. The average Bonchev–Trinajstić information content (AvgIpc) is 3.46. The Bertz CT molecular complexity index is 1230. The van der Waals surface area contributed by atoms with Crippen molar-refractivity contribution in [1.82, 2.24) is 34.7 Å². The number of imidazole rings is 1. The van der Waals surface area contributed by atoms with Gasteiger partial charge in [0.25, 0.3) is 0 Å². The Labute approximate surface area is 182 Å². The summed E-state index contributed by atoms with van der Waals surface area (Å²) < 4.78 is 33.6. The molecule has 1 unspecified atom stereocenters. The second-order valence-electron chi connectivity index (χ2n) is 7.56. The number of aromatic nitrogens is 6. The smallest absolute Gasteiger partial charge is 0.333 e. The van der Waals surface area contributed by atoms with Gasteiger partial charge in [-0.05, 0) is 31.5 Å². The van der Waals surface area contributed by atoms with E-state index in [1.807, 2.05) is 18.2 Å². The number of hydrogen-bond donors (Lipinski definition) is 2. The Morgan fingerprint density at radius 2 is 2.19 bits per heavy atom. The fraction of sp³-hybridized carbons (Fsp3) is 0.333. The first kappa shape index (κ1) is 20.3. The largest absolute Gasteiger partial charge is 0.494 e. The number of piperidine rings is 1. The molecule has 0 aliphatic carbocycles. The van der Waals surface area contributed by atoms with E-state index in [4.69, 9.17) is 9.72 Å². The van der Waals surface area contributed by atoms with Crippen LogP contribution in [0.3, 0.4) is 0 Å². The summed E-state index contributed by atoms with van der Waals surface area (Å²) in [5, 5.41) is 15.2. The van der Waals surface area contributed by atoms with Gasteiger partial charge in [-0.15, -0.1) is 0 Å². The molecule has 0 saturated carbocycles. The zero-order valence-corrected chi connectivity index (χ0v) is 17.4. The van der Waals surface area contributed by atoms with E-state index in [0.717, 1.165) is 31.7 Å². The summed E-state index contributed by atoms with van der Waals surface area (Å²) in [7, 11) is 1.50. The molecular formula is C21H22F2N8O. The number of hydrogen-bond acceptors (Lipinski definition) is 7. The van der Waals surface area contributed by atoms with E-state index in [9.17, 15) is 8.78 Å². The number of ether oxygens (including phenoxy) is 1. The fourth-order valence-electron chi connectivity index (χ4n) is 3.84. The van der Waals surface area contributed by atoms with Crippen molar-refractivity contribution >= 4 is 11.5 Å². The van der Waals surface area contributed by atoms with Crippen LogP contribution >= 0.6 is 0 Å². The highest BCUT2D eigenvalue weighted by Crippen LogP contribution is 2.31. The first-order chi connectivity index (χ1) is 15.6. The summed E-state index contributed by atoms with van der Waals surface area (Å²) in [6, 6.07) is 7.78. The molecule has 4 aromatic rings. The summed E-state index contributed by atoms with van der Waals surface area (Å²) >= 11 is 0. The lowest BCUT2D eigenvalue weighted by Gasteiger charge is -2.24. The zero-order valence-electron chi connectivity index (χ0n) is 17.4. The molecule has 166 valence electrons. The average molecular weight is 440 g/mol. The number of rotatable bonds is 6. The Hall–Kier alpha value is -3.60. The topological polar surface area (TPSA) is 94.2 Å². The highest BCUT2D eigenvalue weighted by atomic mass is 19.3. The van der Waals surface area contributed by atoms with Crippen molar-refractivity contribution in [3.63, 3.8) is 0 Å². The minimum absolute atomic E-state index is 0.328. The van der Waals surface area contributed by atoms with Gasteiger partial charge >= 0.3 is 6.55 Å². The molecule has 1 aliphatic rings. The van der Waals surface area contributed by atoms with Gasteiger partial charge in [0, 0.05) is 30.4 Å². The summed E-state index contributed by atoms with van der Waals surface area (Å²) in [6.07, 6.45) is 6.47. The fourth-order valence-corrected chi connectivity index (χ4v) is 3.84. The van der Waals surface area contributed by atoms with Gasteiger partial charge in [-0.25, -0.2) is 19.2 Å². The van der Waals surface area contributed by atoms with Crippen molar-refractivity contribution in [2.75, 3.05) is 25.5 Å². The van der Waals surface area contributed by atoms with Gasteiger partial charge in [-0.2, -0.15) is 19.0 Å². The van der Waals surface area contributed by atoms with Gasteiger partial charge in [-0.3, -0.25) is 0 Å². The predicted molar refractivity (Wildman–Crippen MR) is 115 cm³/mol. The van der Waals surface area contributed by atoms with Gasteiger partial charge < -0.3 is 15.4 Å². The molecule has 0 aromatic carbocycles. The molecule has 1 saturated heterocycles. The number of alkyl halides is 2. The molecule has 9 nitrogen and oxygen atoms in total. The number of nitrogens with zero attached hydrogens (tertiary/aromatic N) is 6. The Kier molecular flexibility index (Phi) is 5.39. The number of fused-ring (bicyclic) bond motifs is 1. The van der Waals surface area contributed by atoms with Crippen LogP contribution in [0.4, 0.5) is 14.6 Å². The van der Waals surface area contributed by atoms with Crippen molar-refractivity contribution in [3.8, 4) is 28.4 Å². The van der Waals surface area contributed by atoms with Crippen LogP contribution in [0.1, 0.15) is 19.4 Å². The monoisotopic (exact) mass is 440 g/mol. The molecule has 1 aliphatic heterocycles. The Balaban J connectivity index is 1.53. The lowest BCUT2D eigenvalue weighted by Crippen LogP contribution is -2.38. The highest BCUT2D eigenvalue weighted by molar-refractivity contribution is 5.69. The first-order valence-electron chi connectivity index (χ1n) is 10.3. The van der Waals surface area contributed by atoms with Crippen LogP contribution in [-0.2, 0) is 0 Å². The van der Waals surface area contributed by atoms with Crippen molar-refractivity contribution in [2.45, 2.75) is 25.4 Å². The molecule has 2 N–H and O–H groups in total. The molecule has 32 heavy (non-hydrogen) atoms. The van der Waals surface area contributed by atoms with Crippen LogP contribution in [-0.4, -0.2) is 55.6 Å². The number of pyridine rings is 1. The van der Waals surface area contributed by atoms with E-state index in [2.05, 4.69) is 25.8 Å². The minimum atomic E-state index is -2.74. The van der Waals surface area contributed by atoms with Gasteiger partial charge in [0.1, 0.15) is 17.2 Å². The molecule has 1 atom stereocenters. The van der Waals surface area contributed by atoms with E-state index in [1.165, 1.54) is 19.5 Å². The molecule has 0 amide bonds. The maximum atomic E-state index is 13.0. The van der Waals surface area contributed by atoms with E-state index >= 15 is 0 Å². The normalized spacial score (nSPS) is 16.6. The molecule has 4 aromatic heterocycles. The minimum Gasteiger partial charge on any atom is -0.494 e. The van der Waals surface area contributed by atoms with Gasteiger partial charge in [0.05, 0.1) is 25.2 Å². The maximum Gasteiger partial charge on any atom is 0.333 e. The van der Waals surface area contributed by atoms with Crippen molar-refractivity contribution in [2.24, 2.45) is 0 Å². The summed E-state index contributed by atoms with van der Waals surface area (Å²) in [4.78, 5) is 9.17. The standard InChI is InChI=1S/C21H22F2N8O/c1-32-17-8-19-25-11-16(31(19)29-20(17)13-9-26-30(12-13)21(22)23)15-5-2-6-18(28-15)27-14-4-3-7-24-10-14/h2,5-6,8-9,11-12,14,21,24H,3-4,7,10H2,1H3,(H,27,28). The van der Waals surface area contributed by atoms with Crippen LogP contribution < -0.4 is 15.4 Å². The van der Waals surface area contributed by atoms with Crippen LogP contribution in [0, 0.1) is 0 Å². The van der Waals surface area contributed by atoms with Crippen molar-refractivity contribution in [1.29, 1.82) is 0 Å². The Morgan fingerprint density at radius 3 is 2.94 bits per heavy atom. The van der Waals surface area contributed by atoms with E-state index < -0.39 is 6.55 Å². The summed E-state index contributed by atoms with van der Waals surface area (Å²) in [5.41, 5.74) is 2.72. The third-order valence-electron chi connectivity index (χ3n) is 5.41. The van der Waals surface area contributed by atoms with E-state index in [-0.39, 0.29) is 0 Å². The van der Waals surface area contributed by atoms with Crippen molar-refractivity contribution in [3.05, 3.63) is 42.9 Å². The van der Waals surface area contributed by atoms with Gasteiger partial charge in [-0.1, -0.05) is 6.07 Å². The molecule has 0 radical (unpaired) electrons. The number of nitrogens with one attached hydrogen (secondary N) is 2. The predicted octanol–water partition coefficient (Wildman–Crippen LogP) is 3.22. The SMILES string of the molecule is COc1cc2ncc(-c3cccc(NC4CCCNC4)n3)n2nc1-c1cnn(C(F)F)c1. The number of halogens is 2. The summed E-state index contributed by atoms with van der Waals surface area (Å²) in [6.45, 7) is -0.791. The first-order valence-corrected chi connectivity index (χ1v) is 10.3. The van der Waals surface area contributed by atoms with Crippen LogP contribution in [0.5, 0.6) is 5.75 Å². The second-order valence-corrected chi connectivity index (χ2v) is 7.56. The third kappa shape index (κ3) is 3.86. The molecule has 1 fully saturated rings. The lowest BCUT2D eigenvalue weighted by atomic mass is 10.1. The molecule has 11 heteroatoms. The highest BCUT2D eigenvalue weighted by Gasteiger charge is 2.18. The van der Waals surface area contributed by atoms with Gasteiger partial charge in [0.15, 0.2) is 11.4 Å². The molecular weight excluding hydrogens is 418 g/mol. The van der Waals surface area contributed by atoms with Crippen LogP contribution in [0.15, 0.2) is 42.9 Å². The molecule has 0 spiro atoms. The second kappa shape index (κ2) is 8.50. The lowest BCUT2D eigenvalue weighted by molar-refractivity contribution is 0.0566. The molecule has 0 bridgehead atoms. The van der Waals surface area contributed by atoms with Crippen LogP contribution in [0.25, 0.3) is 28.3 Å². The molecule has 5 rings (SSSR count). The maximum absolute atomic E-state index is 13.0. The van der Waals surface area contributed by atoms with E-state index in [1.54, 1.807) is 16.8 Å². The van der Waals surface area contributed by atoms with Crippen molar-refractivity contribution < 1.29 is 13.5 Å². The quantitative estimate of drug-likeness (QED) is 0.475. The van der Waals surface area contributed by atoms with E-state index in [0.29, 0.717) is 44.8 Å². The van der Waals surface area contributed by atoms with Gasteiger partial charge in [0.2, 0.25) is 0 Å². The van der Waals surface area contributed by atoms with Crippen LogP contribution in [0.2, 0.25) is 0 Å². The molecule has 5 heterocycles. The third-order valence-corrected chi connectivity index (χ3v) is 5.41. The Morgan fingerprint density at radius 1 is 1.28 bits per heavy atom. The number of methoxy groups -OCH3 is 1. The summed E-state index contributed by atoms with van der Waals surface area (Å²) in [5.74, 6) is 1.19.